The van der Waals surface area contributed by atoms with Gasteiger partial charge < -0.3 is 9.15 Å². The monoisotopic (exact) mass is 304 g/mol. The van der Waals surface area contributed by atoms with Crippen LogP contribution in [0.1, 0.15) is 23.0 Å². The van der Waals surface area contributed by atoms with Crippen molar-refractivity contribution in [3.63, 3.8) is 0 Å². The molecule has 9 heteroatoms. The molecule has 0 atom stereocenters. The summed E-state index contributed by atoms with van der Waals surface area (Å²) in [6, 6.07) is 5.69. The summed E-state index contributed by atoms with van der Waals surface area (Å²) in [4.78, 5) is 25.7. The van der Waals surface area contributed by atoms with Gasteiger partial charge in [0.1, 0.15) is 10.5 Å². The van der Waals surface area contributed by atoms with Gasteiger partial charge in [-0.1, -0.05) is 0 Å². The molecule has 22 heavy (non-hydrogen) atoms. The highest BCUT2D eigenvalue weighted by molar-refractivity contribution is 5.96. The number of ether oxygens (including phenoxy) is 1. The summed E-state index contributed by atoms with van der Waals surface area (Å²) in [6.07, 6.45) is 2.66. The number of nitro groups is 1. The van der Waals surface area contributed by atoms with Crippen molar-refractivity contribution >= 4 is 18.0 Å². The number of nitrogens with one attached hydrogen (secondary N) is 1. The second-order valence-electron chi connectivity index (χ2n) is 3.92. The molecule has 2 heterocycles. The number of rotatable bonds is 6. The van der Waals surface area contributed by atoms with Gasteiger partial charge in [0.2, 0.25) is 5.88 Å². The van der Waals surface area contributed by atoms with Crippen LogP contribution in [0.3, 0.4) is 0 Å². The fourth-order valence-electron chi connectivity index (χ4n) is 1.54. The van der Waals surface area contributed by atoms with E-state index >= 15 is 0 Å². The number of carbonyl (C=O) groups is 1. The molecule has 114 valence electrons. The Morgan fingerprint density at radius 2 is 2.36 bits per heavy atom. The van der Waals surface area contributed by atoms with Gasteiger partial charge in [0.05, 0.1) is 18.9 Å². The number of nitrogens with zero attached hydrogens (tertiary/aromatic N) is 3. The van der Waals surface area contributed by atoms with E-state index in [0.717, 1.165) is 6.21 Å². The molecule has 0 aromatic carbocycles. The first-order valence-corrected chi connectivity index (χ1v) is 6.27. The lowest BCUT2D eigenvalue weighted by atomic mass is 10.2. The average Bonchev–Trinajstić information content (AvgIpc) is 2.97. The van der Waals surface area contributed by atoms with Crippen molar-refractivity contribution in [3.05, 3.63) is 51.9 Å². The number of pyridine rings is 1. The lowest BCUT2D eigenvalue weighted by Gasteiger charge is -2.06. The zero-order valence-electron chi connectivity index (χ0n) is 11.6. The maximum absolute atomic E-state index is 12.0. The third kappa shape index (κ3) is 3.66. The molecule has 0 bridgehead atoms. The predicted octanol–water partition coefficient (Wildman–Crippen LogP) is 1.75. The second kappa shape index (κ2) is 6.97. The summed E-state index contributed by atoms with van der Waals surface area (Å²) in [5.41, 5.74) is 2.49. The van der Waals surface area contributed by atoms with Crippen LogP contribution in [-0.4, -0.2) is 28.6 Å². The third-order valence-corrected chi connectivity index (χ3v) is 2.45. The van der Waals surface area contributed by atoms with Gasteiger partial charge in [-0.05, 0) is 25.1 Å². The molecule has 0 spiro atoms. The molecule has 0 saturated carbocycles. The standard InChI is InChI=1S/C13H12N4O5/c1-2-21-13-10(4-3-7-14-13)12(18)16-15-8-9-5-6-11(22-9)17(19)20/h3-8H,2H2,1H3,(H,16,18)/b15-8+. The van der Waals surface area contributed by atoms with Crippen LogP contribution in [0.2, 0.25) is 0 Å². The molecule has 2 aromatic heterocycles. The number of aromatic nitrogens is 1. The molecule has 1 amide bonds. The molecule has 0 fully saturated rings. The highest BCUT2D eigenvalue weighted by atomic mass is 16.6. The first-order chi connectivity index (χ1) is 10.6. The predicted molar refractivity (Wildman–Crippen MR) is 75.8 cm³/mol. The Labute approximate surface area is 124 Å². The van der Waals surface area contributed by atoms with Crippen LogP contribution >= 0.6 is 0 Å². The van der Waals surface area contributed by atoms with Gasteiger partial charge in [0.15, 0.2) is 5.76 Å². The van der Waals surface area contributed by atoms with Crippen molar-refractivity contribution in [2.24, 2.45) is 5.10 Å². The molecule has 2 aromatic rings. The topological polar surface area (TPSA) is 120 Å². The van der Waals surface area contributed by atoms with Crippen molar-refractivity contribution in [3.8, 4) is 5.88 Å². The van der Waals surface area contributed by atoms with Gasteiger partial charge >= 0.3 is 5.88 Å². The lowest BCUT2D eigenvalue weighted by molar-refractivity contribution is -0.402. The van der Waals surface area contributed by atoms with Gasteiger partial charge in [-0.3, -0.25) is 14.9 Å². The number of hydrazone groups is 1. The van der Waals surface area contributed by atoms with Crippen LogP contribution in [0.4, 0.5) is 5.88 Å². The molecule has 0 aliphatic carbocycles. The minimum Gasteiger partial charge on any atom is -0.477 e. The van der Waals surface area contributed by atoms with Crippen LogP contribution in [0, 0.1) is 10.1 Å². The number of amides is 1. The number of hydrogen-bond acceptors (Lipinski definition) is 7. The summed E-state index contributed by atoms with van der Waals surface area (Å²) in [5, 5.41) is 14.1. The van der Waals surface area contributed by atoms with Crippen LogP contribution in [-0.2, 0) is 0 Å². The number of hydrogen-bond donors (Lipinski definition) is 1. The smallest absolute Gasteiger partial charge is 0.433 e. The van der Waals surface area contributed by atoms with E-state index in [1.54, 1.807) is 19.1 Å². The van der Waals surface area contributed by atoms with Gasteiger partial charge in [-0.15, -0.1) is 0 Å². The minimum atomic E-state index is -0.667. The van der Waals surface area contributed by atoms with Crippen LogP contribution in [0.15, 0.2) is 40.0 Å². The van der Waals surface area contributed by atoms with Crippen LogP contribution < -0.4 is 10.2 Å². The molecule has 0 aliphatic rings. The van der Waals surface area contributed by atoms with E-state index in [0.29, 0.717) is 6.61 Å². The average molecular weight is 304 g/mol. The molecular formula is C13H12N4O5. The fourth-order valence-corrected chi connectivity index (χ4v) is 1.54. The van der Waals surface area contributed by atoms with Gasteiger partial charge in [0, 0.05) is 6.20 Å². The quantitative estimate of drug-likeness (QED) is 0.493. The molecule has 0 saturated heterocycles. The molecule has 9 nitrogen and oxygen atoms in total. The Balaban J connectivity index is 2.03. The van der Waals surface area contributed by atoms with Crippen molar-refractivity contribution in [2.75, 3.05) is 6.61 Å². The first-order valence-electron chi connectivity index (χ1n) is 6.27. The third-order valence-electron chi connectivity index (χ3n) is 2.45. The Morgan fingerprint density at radius 3 is 3.05 bits per heavy atom. The van der Waals surface area contributed by atoms with E-state index in [1.165, 1.54) is 18.3 Å². The van der Waals surface area contributed by atoms with Crippen molar-refractivity contribution in [1.29, 1.82) is 0 Å². The molecular weight excluding hydrogens is 292 g/mol. The number of furan rings is 1. The van der Waals surface area contributed by atoms with Crippen LogP contribution in [0.25, 0.3) is 0 Å². The Kier molecular flexibility index (Phi) is 4.81. The summed E-state index contributed by atoms with van der Waals surface area (Å²) < 4.78 is 10.1. The van der Waals surface area contributed by atoms with E-state index in [-0.39, 0.29) is 17.2 Å². The van der Waals surface area contributed by atoms with Crippen LogP contribution in [0.5, 0.6) is 5.88 Å². The Bertz CT molecular complexity index is 710. The highest BCUT2D eigenvalue weighted by Crippen LogP contribution is 2.15. The maximum atomic E-state index is 12.0. The summed E-state index contributed by atoms with van der Waals surface area (Å²) in [5.74, 6) is -0.581. The lowest BCUT2D eigenvalue weighted by Crippen LogP contribution is -2.19. The molecule has 2 rings (SSSR count). The van der Waals surface area contributed by atoms with Crippen molar-refractivity contribution in [1.82, 2.24) is 10.4 Å². The van der Waals surface area contributed by atoms with E-state index in [2.05, 4.69) is 15.5 Å². The first kappa shape index (κ1) is 15.2. The minimum absolute atomic E-state index is 0.142. The van der Waals surface area contributed by atoms with Crippen molar-refractivity contribution in [2.45, 2.75) is 6.92 Å². The molecule has 0 radical (unpaired) electrons. The zero-order chi connectivity index (χ0) is 15.9. The van der Waals surface area contributed by atoms with E-state index < -0.39 is 16.7 Å². The van der Waals surface area contributed by atoms with Crippen molar-refractivity contribution < 1.29 is 18.9 Å². The summed E-state index contributed by atoms with van der Waals surface area (Å²) in [7, 11) is 0. The molecule has 0 unspecified atom stereocenters. The van der Waals surface area contributed by atoms with Gasteiger partial charge in [-0.2, -0.15) is 5.10 Å². The Morgan fingerprint density at radius 1 is 1.55 bits per heavy atom. The maximum Gasteiger partial charge on any atom is 0.433 e. The van der Waals surface area contributed by atoms with E-state index in [1.807, 2.05) is 0 Å². The summed E-state index contributed by atoms with van der Waals surface area (Å²) >= 11 is 0. The van der Waals surface area contributed by atoms with Gasteiger partial charge in [-0.25, -0.2) is 10.4 Å². The second-order valence-corrected chi connectivity index (χ2v) is 3.92. The van der Waals surface area contributed by atoms with E-state index in [9.17, 15) is 14.9 Å². The molecule has 0 aliphatic heterocycles. The highest BCUT2D eigenvalue weighted by Gasteiger charge is 2.13. The normalized spacial score (nSPS) is 10.6. The number of carbonyl (C=O) groups excluding carboxylic acids is 1. The van der Waals surface area contributed by atoms with E-state index in [4.69, 9.17) is 9.15 Å². The largest absolute Gasteiger partial charge is 0.477 e. The van der Waals surface area contributed by atoms with Gasteiger partial charge in [0.25, 0.3) is 5.91 Å². The fraction of sp³-hybridized carbons (Fsp3) is 0.154. The summed E-state index contributed by atoms with van der Waals surface area (Å²) in [6.45, 7) is 2.15. The Hall–Kier alpha value is -3.23. The molecule has 1 N–H and O–H groups in total. The SMILES string of the molecule is CCOc1ncccc1C(=O)N/N=C/c1ccc([N+](=O)[O-])o1. The zero-order valence-corrected chi connectivity index (χ0v) is 11.6.